The van der Waals surface area contributed by atoms with Crippen LogP contribution in [0.1, 0.15) is 34.6 Å². The summed E-state index contributed by atoms with van der Waals surface area (Å²) in [6.07, 6.45) is 2.21. The van der Waals surface area contributed by atoms with E-state index in [0.717, 1.165) is 18.4 Å². The van der Waals surface area contributed by atoms with Crippen LogP contribution >= 0.6 is 23.2 Å². The van der Waals surface area contributed by atoms with Crippen LogP contribution in [0, 0.1) is 6.92 Å². The van der Waals surface area contributed by atoms with Gasteiger partial charge in [-0.05, 0) is 19.8 Å². The summed E-state index contributed by atoms with van der Waals surface area (Å²) < 4.78 is 0. The molecular weight excluding hydrogens is 221 g/mol. The predicted molar refractivity (Wildman–Crippen MR) is 56.3 cm³/mol. The van der Waals surface area contributed by atoms with Gasteiger partial charge in [0.2, 0.25) is 0 Å². The molecule has 2 nitrogen and oxygen atoms in total. The first-order valence-corrected chi connectivity index (χ1v) is 5.24. The van der Waals surface area contributed by atoms with E-state index in [1.54, 1.807) is 6.92 Å². The summed E-state index contributed by atoms with van der Waals surface area (Å²) in [5, 5.41) is 0.974. The molecule has 1 aromatic heterocycles. The Bertz CT molecular complexity index is 415. The minimum absolute atomic E-state index is 0.0768. The van der Waals surface area contributed by atoms with Crippen LogP contribution in [-0.4, -0.2) is 10.8 Å². The molecule has 74 valence electrons. The van der Waals surface area contributed by atoms with Gasteiger partial charge in [-0.1, -0.05) is 23.2 Å². The first kappa shape index (κ1) is 9.94. The van der Waals surface area contributed by atoms with Crippen LogP contribution in [0.5, 0.6) is 0 Å². The fourth-order valence-electron chi connectivity index (χ4n) is 1.68. The number of halogens is 2. The minimum Gasteiger partial charge on any atom is -0.292 e. The molecule has 0 amide bonds. The van der Waals surface area contributed by atoms with E-state index >= 15 is 0 Å². The van der Waals surface area contributed by atoms with Crippen molar-refractivity contribution in [2.75, 3.05) is 0 Å². The Hall–Kier alpha value is -0.600. The molecule has 0 N–H and O–H groups in total. The van der Waals surface area contributed by atoms with Crippen molar-refractivity contribution < 1.29 is 4.79 Å². The Morgan fingerprint density at radius 3 is 2.64 bits per heavy atom. The van der Waals surface area contributed by atoms with Crippen LogP contribution in [-0.2, 0) is 6.42 Å². The Morgan fingerprint density at radius 2 is 1.93 bits per heavy atom. The average molecular weight is 230 g/mol. The lowest BCUT2D eigenvalue weighted by Gasteiger charge is -2.16. The molecule has 14 heavy (non-hydrogen) atoms. The summed E-state index contributed by atoms with van der Waals surface area (Å²) in [5.74, 6) is 0.0768. The number of aromatic nitrogens is 1. The summed E-state index contributed by atoms with van der Waals surface area (Å²) in [7, 11) is 0. The van der Waals surface area contributed by atoms with Gasteiger partial charge in [-0.2, -0.15) is 0 Å². The molecule has 4 heteroatoms. The van der Waals surface area contributed by atoms with Gasteiger partial charge in [-0.15, -0.1) is 0 Å². The molecule has 1 aliphatic rings. The zero-order chi connectivity index (χ0) is 10.3. The zero-order valence-electron chi connectivity index (χ0n) is 7.73. The average Bonchev–Trinajstić information content (AvgIpc) is 2.17. The molecular formula is C10H9Cl2NO. The van der Waals surface area contributed by atoms with Crippen LogP contribution in [0.3, 0.4) is 0 Å². The molecule has 0 radical (unpaired) electrons. The molecule has 0 spiro atoms. The number of Topliss-reactive ketones (excluding diaryl/α,β-unsaturated/α-hetero) is 1. The Morgan fingerprint density at radius 1 is 1.21 bits per heavy atom. The number of aryl methyl sites for hydroxylation is 1. The van der Waals surface area contributed by atoms with Gasteiger partial charge in [-0.25, -0.2) is 4.98 Å². The Balaban J connectivity index is 2.69. The summed E-state index contributed by atoms with van der Waals surface area (Å²) >= 11 is 12.0. The number of ketones is 1. The first-order chi connectivity index (χ1) is 6.61. The van der Waals surface area contributed by atoms with Gasteiger partial charge < -0.3 is 0 Å². The minimum atomic E-state index is 0.0768. The van der Waals surface area contributed by atoms with Crippen LogP contribution in [0.4, 0.5) is 0 Å². The maximum Gasteiger partial charge on any atom is 0.181 e. The highest BCUT2D eigenvalue weighted by molar-refractivity contribution is 6.43. The second-order valence-corrected chi connectivity index (χ2v) is 4.18. The smallest absolute Gasteiger partial charge is 0.181 e. The maximum atomic E-state index is 11.5. The molecule has 2 rings (SSSR count). The van der Waals surface area contributed by atoms with Crippen molar-refractivity contribution in [2.45, 2.75) is 26.2 Å². The van der Waals surface area contributed by atoms with E-state index in [-0.39, 0.29) is 5.78 Å². The van der Waals surface area contributed by atoms with Gasteiger partial charge in [0.15, 0.2) is 5.78 Å². The van der Waals surface area contributed by atoms with Crippen molar-refractivity contribution in [3.8, 4) is 0 Å². The van der Waals surface area contributed by atoms with Crippen molar-refractivity contribution in [1.29, 1.82) is 0 Å². The number of carbonyl (C=O) groups excluding carboxylic acids is 1. The van der Waals surface area contributed by atoms with Crippen LogP contribution < -0.4 is 0 Å². The third kappa shape index (κ3) is 1.43. The number of rotatable bonds is 0. The summed E-state index contributed by atoms with van der Waals surface area (Å²) in [4.78, 5) is 15.7. The summed E-state index contributed by atoms with van der Waals surface area (Å²) in [6, 6.07) is 0. The predicted octanol–water partition coefficient (Wildman–Crippen LogP) is 3.22. The van der Waals surface area contributed by atoms with Crippen molar-refractivity contribution in [3.63, 3.8) is 0 Å². The van der Waals surface area contributed by atoms with E-state index in [0.29, 0.717) is 27.9 Å². The second kappa shape index (κ2) is 3.52. The number of hydrogen-bond acceptors (Lipinski definition) is 2. The highest BCUT2D eigenvalue weighted by Gasteiger charge is 2.23. The van der Waals surface area contributed by atoms with Crippen LogP contribution in [0.25, 0.3) is 0 Å². The van der Waals surface area contributed by atoms with E-state index in [4.69, 9.17) is 23.2 Å². The number of fused-ring (bicyclic) bond motifs is 1. The molecule has 1 aliphatic carbocycles. The van der Waals surface area contributed by atoms with Gasteiger partial charge in [0.25, 0.3) is 0 Å². The highest BCUT2D eigenvalue weighted by Crippen LogP contribution is 2.33. The fraction of sp³-hybridized carbons (Fsp3) is 0.400. The second-order valence-electron chi connectivity index (χ2n) is 3.43. The molecule has 1 aromatic rings. The number of pyridine rings is 1. The normalized spacial score (nSPS) is 15.5. The van der Waals surface area contributed by atoms with E-state index < -0.39 is 0 Å². The number of carbonyl (C=O) groups is 1. The molecule has 0 unspecified atom stereocenters. The molecule has 0 aliphatic heterocycles. The lowest BCUT2D eigenvalue weighted by molar-refractivity contribution is 0.0967. The lowest BCUT2D eigenvalue weighted by atomic mass is 9.94. The standard InChI is InChI=1S/C10H9Cl2NO/c1-5-8(11)9(12)6-3-2-4-7(14)10(6)13-5/h2-4H2,1H3. The van der Waals surface area contributed by atoms with Crippen molar-refractivity contribution in [1.82, 2.24) is 4.98 Å². The topological polar surface area (TPSA) is 30.0 Å². The number of nitrogens with zero attached hydrogens (tertiary/aromatic N) is 1. The third-order valence-corrected chi connectivity index (χ3v) is 3.41. The molecule has 0 bridgehead atoms. The van der Waals surface area contributed by atoms with Crippen LogP contribution in [0.2, 0.25) is 10.0 Å². The third-order valence-electron chi connectivity index (χ3n) is 2.44. The largest absolute Gasteiger partial charge is 0.292 e. The number of hydrogen-bond donors (Lipinski definition) is 0. The monoisotopic (exact) mass is 229 g/mol. The molecule has 1 heterocycles. The van der Waals surface area contributed by atoms with Gasteiger partial charge in [0.05, 0.1) is 15.7 Å². The highest BCUT2D eigenvalue weighted by atomic mass is 35.5. The van der Waals surface area contributed by atoms with E-state index in [2.05, 4.69) is 4.98 Å². The van der Waals surface area contributed by atoms with E-state index in [1.807, 2.05) is 0 Å². The van der Waals surface area contributed by atoms with Crippen molar-refractivity contribution in [2.24, 2.45) is 0 Å². The van der Waals surface area contributed by atoms with Gasteiger partial charge in [0, 0.05) is 12.0 Å². The maximum absolute atomic E-state index is 11.5. The molecule has 0 saturated carbocycles. The summed E-state index contributed by atoms with van der Waals surface area (Å²) in [5.41, 5.74) is 1.97. The lowest BCUT2D eigenvalue weighted by Crippen LogP contribution is -2.14. The molecule has 0 fully saturated rings. The fourth-order valence-corrected chi connectivity index (χ4v) is 2.16. The quantitative estimate of drug-likeness (QED) is 0.684. The molecule has 0 saturated heterocycles. The first-order valence-electron chi connectivity index (χ1n) is 4.49. The Labute approximate surface area is 92.2 Å². The van der Waals surface area contributed by atoms with Crippen LogP contribution in [0.15, 0.2) is 0 Å². The molecule has 0 atom stereocenters. The zero-order valence-corrected chi connectivity index (χ0v) is 9.24. The summed E-state index contributed by atoms with van der Waals surface area (Å²) in [6.45, 7) is 1.76. The van der Waals surface area contributed by atoms with Crippen molar-refractivity contribution in [3.05, 3.63) is 27.0 Å². The van der Waals surface area contributed by atoms with Gasteiger partial charge >= 0.3 is 0 Å². The Kier molecular flexibility index (Phi) is 2.50. The van der Waals surface area contributed by atoms with E-state index in [9.17, 15) is 4.79 Å². The molecule has 0 aromatic carbocycles. The van der Waals surface area contributed by atoms with Gasteiger partial charge in [0.1, 0.15) is 5.69 Å². The van der Waals surface area contributed by atoms with E-state index in [1.165, 1.54) is 0 Å². The van der Waals surface area contributed by atoms with Gasteiger partial charge in [-0.3, -0.25) is 4.79 Å². The van der Waals surface area contributed by atoms with Crippen molar-refractivity contribution >= 4 is 29.0 Å². The SMILES string of the molecule is Cc1nc2c(c(Cl)c1Cl)CCCC2=O.